The van der Waals surface area contributed by atoms with Gasteiger partial charge in [-0.25, -0.2) is 0 Å². The molecule has 0 radical (unpaired) electrons. The zero-order valence-corrected chi connectivity index (χ0v) is 10.3. The molecule has 0 spiro atoms. The van der Waals surface area contributed by atoms with E-state index in [9.17, 15) is 14.4 Å². The molecule has 6 heteroatoms. The van der Waals surface area contributed by atoms with Crippen molar-refractivity contribution in [1.29, 1.82) is 0 Å². The van der Waals surface area contributed by atoms with E-state index in [-0.39, 0.29) is 32.0 Å². The summed E-state index contributed by atoms with van der Waals surface area (Å²) in [6, 6.07) is 9.14. The van der Waals surface area contributed by atoms with Crippen LogP contribution in [0.25, 0.3) is 0 Å². The molecule has 1 saturated heterocycles. The second-order valence-electron chi connectivity index (χ2n) is 4.13. The van der Waals surface area contributed by atoms with Crippen molar-refractivity contribution in [3.63, 3.8) is 0 Å². The molecule has 1 aromatic rings. The lowest BCUT2D eigenvalue weighted by Gasteiger charge is -2.25. The Morgan fingerprint density at radius 2 is 1.79 bits per heavy atom. The van der Waals surface area contributed by atoms with E-state index in [2.05, 4.69) is 5.32 Å². The molecule has 0 saturated carbocycles. The van der Waals surface area contributed by atoms with E-state index in [0.717, 1.165) is 0 Å². The van der Waals surface area contributed by atoms with Gasteiger partial charge >= 0.3 is 0 Å². The summed E-state index contributed by atoms with van der Waals surface area (Å²) in [5, 5.41) is 2.14. The third kappa shape index (κ3) is 3.80. The standard InChI is InChI=1S/C13H14N2O4/c16-11-8-15(9-12(17)14-11)13(18)6-7-19-10-4-2-1-3-5-10/h1-5H,6-9H2,(H,14,16,17). The Kier molecular flexibility index (Phi) is 4.12. The summed E-state index contributed by atoms with van der Waals surface area (Å²) >= 11 is 0. The maximum atomic E-state index is 11.8. The highest BCUT2D eigenvalue weighted by Gasteiger charge is 2.25. The average Bonchev–Trinajstić information content (AvgIpc) is 2.38. The Bertz CT molecular complexity index is 471. The summed E-state index contributed by atoms with van der Waals surface area (Å²) < 4.78 is 5.39. The quantitative estimate of drug-likeness (QED) is 0.771. The van der Waals surface area contributed by atoms with E-state index in [1.54, 1.807) is 12.1 Å². The van der Waals surface area contributed by atoms with Gasteiger partial charge in [0.05, 0.1) is 13.0 Å². The molecule has 0 aliphatic carbocycles. The number of nitrogens with zero attached hydrogens (tertiary/aromatic N) is 1. The fraction of sp³-hybridized carbons (Fsp3) is 0.308. The summed E-state index contributed by atoms with van der Waals surface area (Å²) in [4.78, 5) is 35.3. The van der Waals surface area contributed by atoms with Crippen molar-refractivity contribution < 1.29 is 19.1 Å². The first kappa shape index (κ1) is 13.1. The second kappa shape index (κ2) is 5.99. The molecule has 100 valence electrons. The van der Waals surface area contributed by atoms with E-state index < -0.39 is 11.8 Å². The molecule has 0 bridgehead atoms. The van der Waals surface area contributed by atoms with Crippen LogP contribution >= 0.6 is 0 Å². The number of para-hydroxylation sites is 1. The van der Waals surface area contributed by atoms with Crippen molar-refractivity contribution in [2.45, 2.75) is 6.42 Å². The Morgan fingerprint density at radius 3 is 2.42 bits per heavy atom. The number of nitrogens with one attached hydrogen (secondary N) is 1. The molecule has 1 heterocycles. The molecule has 1 N–H and O–H groups in total. The highest BCUT2D eigenvalue weighted by atomic mass is 16.5. The first-order valence-electron chi connectivity index (χ1n) is 5.93. The molecule has 0 unspecified atom stereocenters. The average molecular weight is 262 g/mol. The zero-order chi connectivity index (χ0) is 13.7. The largest absolute Gasteiger partial charge is 0.493 e. The van der Waals surface area contributed by atoms with Crippen LogP contribution in [-0.2, 0) is 14.4 Å². The van der Waals surface area contributed by atoms with E-state index in [1.165, 1.54) is 4.90 Å². The number of carbonyl (C=O) groups is 3. The predicted molar refractivity (Wildman–Crippen MR) is 66.3 cm³/mol. The van der Waals surface area contributed by atoms with E-state index in [4.69, 9.17) is 4.74 Å². The minimum atomic E-state index is -0.450. The van der Waals surface area contributed by atoms with Gasteiger partial charge in [-0.1, -0.05) is 18.2 Å². The lowest BCUT2D eigenvalue weighted by atomic mass is 10.3. The lowest BCUT2D eigenvalue weighted by molar-refractivity contribution is -0.145. The van der Waals surface area contributed by atoms with Crippen LogP contribution in [0.3, 0.4) is 0 Å². The molecule has 19 heavy (non-hydrogen) atoms. The summed E-state index contributed by atoms with van der Waals surface area (Å²) in [6.45, 7) is 0.0704. The third-order valence-electron chi connectivity index (χ3n) is 2.63. The predicted octanol–water partition coefficient (Wildman–Crippen LogP) is -0.0595. The second-order valence-corrected chi connectivity index (χ2v) is 4.13. The van der Waals surface area contributed by atoms with Crippen molar-refractivity contribution in [3.8, 4) is 5.75 Å². The summed E-state index contributed by atoms with van der Waals surface area (Å²) in [5.74, 6) is -0.482. The van der Waals surface area contributed by atoms with Gasteiger partial charge < -0.3 is 9.64 Å². The normalized spacial score (nSPS) is 15.1. The molecule has 3 amide bonds. The molecule has 6 nitrogen and oxygen atoms in total. The van der Waals surface area contributed by atoms with Crippen LogP contribution in [0.1, 0.15) is 6.42 Å². The van der Waals surface area contributed by atoms with Crippen LogP contribution in [0.15, 0.2) is 30.3 Å². The number of imide groups is 1. The SMILES string of the molecule is O=C1CN(C(=O)CCOc2ccccc2)CC(=O)N1. The molecule has 1 aromatic carbocycles. The van der Waals surface area contributed by atoms with Gasteiger partial charge in [0.2, 0.25) is 17.7 Å². The molecular weight excluding hydrogens is 248 g/mol. The monoisotopic (exact) mass is 262 g/mol. The number of piperazine rings is 1. The van der Waals surface area contributed by atoms with Crippen molar-refractivity contribution in [1.82, 2.24) is 10.2 Å². The molecule has 1 aliphatic heterocycles. The Hall–Kier alpha value is -2.37. The number of ether oxygens (including phenoxy) is 1. The van der Waals surface area contributed by atoms with Gasteiger partial charge in [-0.05, 0) is 12.1 Å². The molecular formula is C13H14N2O4. The number of carbonyl (C=O) groups excluding carboxylic acids is 3. The van der Waals surface area contributed by atoms with Gasteiger partial charge in [-0.15, -0.1) is 0 Å². The number of amides is 3. The van der Waals surface area contributed by atoms with Crippen molar-refractivity contribution in [2.24, 2.45) is 0 Å². The Balaban J connectivity index is 1.78. The third-order valence-corrected chi connectivity index (χ3v) is 2.63. The van der Waals surface area contributed by atoms with Gasteiger partial charge in [-0.2, -0.15) is 0 Å². The van der Waals surface area contributed by atoms with Gasteiger partial charge in [-0.3, -0.25) is 19.7 Å². The Labute approximate surface area is 110 Å². The summed E-state index contributed by atoms with van der Waals surface area (Å²) in [7, 11) is 0. The van der Waals surface area contributed by atoms with Crippen molar-refractivity contribution >= 4 is 17.7 Å². The fourth-order valence-electron chi connectivity index (χ4n) is 1.74. The van der Waals surface area contributed by atoms with Gasteiger partial charge in [0.15, 0.2) is 0 Å². The van der Waals surface area contributed by atoms with Crippen LogP contribution in [0, 0.1) is 0 Å². The molecule has 1 aliphatic rings. The van der Waals surface area contributed by atoms with Crippen LogP contribution in [0.5, 0.6) is 5.75 Å². The van der Waals surface area contributed by atoms with Crippen LogP contribution < -0.4 is 10.1 Å². The first-order chi connectivity index (χ1) is 9.15. The van der Waals surface area contributed by atoms with Crippen molar-refractivity contribution in [2.75, 3.05) is 19.7 Å². The number of hydrogen-bond acceptors (Lipinski definition) is 4. The topological polar surface area (TPSA) is 75.7 Å². The highest BCUT2D eigenvalue weighted by Crippen LogP contribution is 2.09. The number of rotatable bonds is 4. The van der Waals surface area contributed by atoms with E-state index in [1.807, 2.05) is 18.2 Å². The van der Waals surface area contributed by atoms with Gasteiger partial charge in [0.1, 0.15) is 18.8 Å². The van der Waals surface area contributed by atoms with Crippen molar-refractivity contribution in [3.05, 3.63) is 30.3 Å². The van der Waals surface area contributed by atoms with Gasteiger partial charge in [0, 0.05) is 0 Å². The minimum absolute atomic E-state index is 0.0735. The fourth-order valence-corrected chi connectivity index (χ4v) is 1.74. The van der Waals surface area contributed by atoms with Crippen LogP contribution in [-0.4, -0.2) is 42.3 Å². The molecule has 0 atom stereocenters. The summed E-state index contributed by atoms with van der Waals surface area (Å²) in [6.07, 6.45) is 0.134. The maximum absolute atomic E-state index is 11.8. The van der Waals surface area contributed by atoms with E-state index in [0.29, 0.717) is 5.75 Å². The summed E-state index contributed by atoms with van der Waals surface area (Å²) in [5.41, 5.74) is 0. The first-order valence-corrected chi connectivity index (χ1v) is 5.93. The van der Waals surface area contributed by atoms with Crippen LogP contribution in [0.2, 0.25) is 0 Å². The maximum Gasteiger partial charge on any atom is 0.246 e. The molecule has 2 rings (SSSR count). The number of benzene rings is 1. The minimum Gasteiger partial charge on any atom is -0.493 e. The highest BCUT2D eigenvalue weighted by molar-refractivity contribution is 6.02. The molecule has 0 aromatic heterocycles. The zero-order valence-electron chi connectivity index (χ0n) is 10.3. The van der Waals surface area contributed by atoms with Gasteiger partial charge in [0.25, 0.3) is 0 Å². The smallest absolute Gasteiger partial charge is 0.246 e. The lowest BCUT2D eigenvalue weighted by Crippen LogP contribution is -2.53. The Morgan fingerprint density at radius 1 is 1.16 bits per heavy atom. The van der Waals surface area contributed by atoms with Crippen LogP contribution in [0.4, 0.5) is 0 Å². The van der Waals surface area contributed by atoms with E-state index >= 15 is 0 Å². The number of hydrogen-bond donors (Lipinski definition) is 1. The molecule has 1 fully saturated rings.